The van der Waals surface area contributed by atoms with Crippen molar-refractivity contribution in [3.63, 3.8) is 0 Å². The number of nitrogens with zero attached hydrogens (tertiary/aromatic N) is 4. The van der Waals surface area contributed by atoms with Gasteiger partial charge in [-0.2, -0.15) is 0 Å². The molecule has 0 spiro atoms. The standard InChI is InChI=1S/C21H20ClFN4O4/c1-11(28)25(3)15-10-26(9-12-4-5-14(23)13(22)8-12)20(30)16-17(15)27-7-6-24(2)21(31)18(27)19(16)29/h4-5,8,10,29H,6-7,9H2,1-3H3. The molecule has 0 atom stereocenters. The van der Waals surface area contributed by atoms with Gasteiger partial charge in [-0.3, -0.25) is 14.4 Å². The summed E-state index contributed by atoms with van der Waals surface area (Å²) >= 11 is 5.86. The van der Waals surface area contributed by atoms with Crippen molar-refractivity contribution in [3.05, 3.63) is 56.8 Å². The summed E-state index contributed by atoms with van der Waals surface area (Å²) in [5.74, 6) is -1.69. The maximum atomic E-state index is 13.5. The van der Waals surface area contributed by atoms with Crippen molar-refractivity contribution in [3.8, 4) is 5.75 Å². The van der Waals surface area contributed by atoms with Crippen LogP contribution in [0.15, 0.2) is 29.2 Å². The highest BCUT2D eigenvalue weighted by Gasteiger charge is 2.33. The summed E-state index contributed by atoms with van der Waals surface area (Å²) in [4.78, 5) is 41.0. The Morgan fingerprint density at radius 1 is 1.29 bits per heavy atom. The number of aromatic hydroxyl groups is 1. The van der Waals surface area contributed by atoms with Crippen molar-refractivity contribution < 1.29 is 19.1 Å². The molecule has 31 heavy (non-hydrogen) atoms. The number of carbonyl (C=O) groups is 2. The number of fused-ring (bicyclic) bond motifs is 3. The van der Waals surface area contributed by atoms with E-state index in [9.17, 15) is 23.9 Å². The monoisotopic (exact) mass is 446 g/mol. The van der Waals surface area contributed by atoms with Crippen LogP contribution in [0.3, 0.4) is 0 Å². The van der Waals surface area contributed by atoms with Crippen LogP contribution in [0.5, 0.6) is 5.75 Å². The molecule has 162 valence electrons. The fraction of sp³-hybridized carbons (Fsp3) is 0.286. The Kier molecular flexibility index (Phi) is 5.01. The highest BCUT2D eigenvalue weighted by atomic mass is 35.5. The van der Waals surface area contributed by atoms with Crippen LogP contribution < -0.4 is 10.5 Å². The van der Waals surface area contributed by atoms with Crippen LogP contribution in [0.1, 0.15) is 23.0 Å². The first-order valence-electron chi connectivity index (χ1n) is 9.54. The van der Waals surface area contributed by atoms with E-state index in [1.807, 2.05) is 0 Å². The molecular weight excluding hydrogens is 427 g/mol. The Labute approximate surface area is 181 Å². The van der Waals surface area contributed by atoms with Gasteiger partial charge in [-0.15, -0.1) is 0 Å². The number of hydrogen-bond acceptors (Lipinski definition) is 4. The molecule has 2 amide bonds. The summed E-state index contributed by atoms with van der Waals surface area (Å²) in [5.41, 5.74) is 0.732. The van der Waals surface area contributed by atoms with Crippen LogP contribution in [0.2, 0.25) is 5.02 Å². The van der Waals surface area contributed by atoms with Crippen LogP contribution in [-0.2, 0) is 17.9 Å². The molecule has 2 aromatic heterocycles. The molecule has 0 aliphatic carbocycles. The van der Waals surface area contributed by atoms with E-state index >= 15 is 0 Å². The van der Waals surface area contributed by atoms with Gasteiger partial charge in [-0.1, -0.05) is 17.7 Å². The first kappa shape index (κ1) is 20.9. The number of anilines is 1. The fourth-order valence-electron chi connectivity index (χ4n) is 3.82. The number of hydrogen-bond donors (Lipinski definition) is 1. The number of aromatic nitrogens is 2. The third kappa shape index (κ3) is 3.25. The third-order valence-electron chi connectivity index (χ3n) is 5.61. The predicted octanol–water partition coefficient (Wildman–Crippen LogP) is 2.42. The molecule has 1 aromatic carbocycles. The average Bonchev–Trinajstić information content (AvgIpc) is 3.02. The van der Waals surface area contributed by atoms with Crippen LogP contribution in [0, 0.1) is 5.82 Å². The summed E-state index contributed by atoms with van der Waals surface area (Å²) in [6.07, 6.45) is 1.50. The molecular formula is C21H20ClFN4O4. The van der Waals surface area contributed by atoms with Crippen LogP contribution >= 0.6 is 11.6 Å². The molecule has 1 aliphatic rings. The SMILES string of the molecule is CC(=O)N(C)c1cn(Cc2ccc(F)c(Cl)c2)c(=O)c2c(O)c3n(c12)CCN(C)C3=O. The summed E-state index contributed by atoms with van der Waals surface area (Å²) in [7, 11) is 3.16. The van der Waals surface area contributed by atoms with Gasteiger partial charge in [0, 0.05) is 40.3 Å². The van der Waals surface area contributed by atoms with E-state index in [2.05, 4.69) is 0 Å². The van der Waals surface area contributed by atoms with E-state index in [0.29, 0.717) is 29.9 Å². The Balaban J connectivity index is 2.01. The zero-order chi connectivity index (χ0) is 22.6. The quantitative estimate of drug-likeness (QED) is 0.669. The number of amides is 2. The topological polar surface area (TPSA) is 87.8 Å². The lowest BCUT2D eigenvalue weighted by atomic mass is 10.2. The predicted molar refractivity (Wildman–Crippen MR) is 114 cm³/mol. The Morgan fingerprint density at radius 2 is 2.00 bits per heavy atom. The van der Waals surface area contributed by atoms with Gasteiger partial charge in [0.1, 0.15) is 11.2 Å². The van der Waals surface area contributed by atoms with E-state index in [1.54, 1.807) is 18.7 Å². The lowest BCUT2D eigenvalue weighted by Gasteiger charge is -2.26. The summed E-state index contributed by atoms with van der Waals surface area (Å²) in [6, 6.07) is 4.10. The Bertz CT molecular complexity index is 1310. The van der Waals surface area contributed by atoms with Gasteiger partial charge in [0.05, 0.1) is 22.8 Å². The normalized spacial score (nSPS) is 13.6. The highest BCUT2D eigenvalue weighted by molar-refractivity contribution is 6.30. The smallest absolute Gasteiger partial charge is 0.274 e. The van der Waals surface area contributed by atoms with Crippen molar-refractivity contribution >= 4 is 40.0 Å². The lowest BCUT2D eigenvalue weighted by molar-refractivity contribution is -0.116. The molecule has 8 nitrogen and oxygen atoms in total. The molecule has 1 aliphatic heterocycles. The van der Waals surface area contributed by atoms with Gasteiger partial charge in [0.15, 0.2) is 11.4 Å². The number of benzene rings is 1. The van der Waals surface area contributed by atoms with E-state index in [0.717, 1.165) is 0 Å². The van der Waals surface area contributed by atoms with Gasteiger partial charge in [-0.05, 0) is 17.7 Å². The van der Waals surface area contributed by atoms with Crippen LogP contribution in [0.25, 0.3) is 10.9 Å². The summed E-state index contributed by atoms with van der Waals surface area (Å²) in [6.45, 7) is 2.17. The highest BCUT2D eigenvalue weighted by Crippen LogP contribution is 2.37. The number of halogens is 2. The van der Waals surface area contributed by atoms with E-state index < -0.39 is 23.0 Å². The molecule has 10 heteroatoms. The fourth-order valence-corrected chi connectivity index (χ4v) is 4.03. The molecule has 3 heterocycles. The lowest BCUT2D eigenvalue weighted by Crippen LogP contribution is -2.37. The Morgan fingerprint density at radius 3 is 2.65 bits per heavy atom. The molecule has 0 bridgehead atoms. The largest absolute Gasteiger partial charge is 0.505 e. The van der Waals surface area contributed by atoms with Crippen molar-refractivity contribution in [1.82, 2.24) is 14.0 Å². The van der Waals surface area contributed by atoms with E-state index in [4.69, 9.17) is 11.6 Å². The van der Waals surface area contributed by atoms with Gasteiger partial charge in [0.25, 0.3) is 11.5 Å². The van der Waals surface area contributed by atoms with E-state index in [-0.39, 0.29) is 28.6 Å². The molecule has 0 saturated carbocycles. The summed E-state index contributed by atoms with van der Waals surface area (Å²) < 4.78 is 16.4. The first-order chi connectivity index (χ1) is 14.6. The molecule has 0 saturated heterocycles. The van der Waals surface area contributed by atoms with Crippen molar-refractivity contribution in [1.29, 1.82) is 0 Å². The number of likely N-dealkylation sites (N-methyl/N-ethyl adjacent to an activating group) is 1. The van der Waals surface area contributed by atoms with Gasteiger partial charge in [0.2, 0.25) is 5.91 Å². The zero-order valence-corrected chi connectivity index (χ0v) is 17.9. The third-order valence-corrected chi connectivity index (χ3v) is 5.90. The number of rotatable bonds is 3. The molecule has 0 unspecified atom stereocenters. The second kappa shape index (κ2) is 7.42. The summed E-state index contributed by atoms with van der Waals surface area (Å²) in [5, 5.41) is 10.7. The van der Waals surface area contributed by atoms with Crippen molar-refractivity contribution in [2.75, 3.05) is 25.5 Å². The number of carbonyl (C=O) groups excluding carboxylic acids is 2. The molecule has 3 aromatic rings. The van der Waals surface area contributed by atoms with Gasteiger partial charge in [-0.25, -0.2) is 4.39 Å². The van der Waals surface area contributed by atoms with Crippen molar-refractivity contribution in [2.24, 2.45) is 0 Å². The van der Waals surface area contributed by atoms with Crippen LogP contribution in [-0.4, -0.2) is 51.6 Å². The second-order valence-electron chi connectivity index (χ2n) is 7.57. The maximum Gasteiger partial charge on any atom is 0.274 e. The minimum Gasteiger partial charge on any atom is -0.505 e. The zero-order valence-electron chi connectivity index (χ0n) is 17.1. The van der Waals surface area contributed by atoms with Gasteiger partial charge < -0.3 is 24.0 Å². The molecule has 0 fully saturated rings. The molecule has 0 radical (unpaired) electrons. The first-order valence-corrected chi connectivity index (χ1v) is 9.92. The second-order valence-corrected chi connectivity index (χ2v) is 7.98. The van der Waals surface area contributed by atoms with Crippen molar-refractivity contribution in [2.45, 2.75) is 20.0 Å². The van der Waals surface area contributed by atoms with Gasteiger partial charge >= 0.3 is 0 Å². The Hall–Kier alpha value is -3.33. The molecule has 1 N–H and O–H groups in total. The minimum absolute atomic E-state index is 0.0154. The molecule has 4 rings (SSSR count). The average molecular weight is 447 g/mol. The number of pyridine rings is 1. The minimum atomic E-state index is -0.578. The van der Waals surface area contributed by atoms with Crippen LogP contribution in [0.4, 0.5) is 10.1 Å². The maximum absolute atomic E-state index is 13.5. The van der Waals surface area contributed by atoms with E-state index in [1.165, 1.54) is 45.7 Å².